The van der Waals surface area contributed by atoms with E-state index in [0.29, 0.717) is 10.2 Å². The average molecular weight is 241 g/mol. The molecular weight excluding hydrogens is 228 g/mol. The first-order chi connectivity index (χ1) is 5.69. The highest BCUT2D eigenvalue weighted by atomic mass is 35.7. The van der Waals surface area contributed by atoms with Gasteiger partial charge in [0, 0.05) is 20.7 Å². The summed E-state index contributed by atoms with van der Waals surface area (Å²) in [5.74, 6) is 0. The lowest BCUT2D eigenvalue weighted by molar-refractivity contribution is 0.604. The topological polar surface area (TPSA) is 34.1 Å². The Morgan fingerprint density at radius 1 is 1.62 bits per heavy atom. The van der Waals surface area contributed by atoms with Crippen molar-refractivity contribution in [1.29, 1.82) is 0 Å². The molecule has 2 bridgehead atoms. The quantitative estimate of drug-likeness (QED) is 0.658. The minimum absolute atomic E-state index is 0.141. The Kier molecular flexibility index (Phi) is 1.73. The van der Waals surface area contributed by atoms with E-state index in [4.69, 9.17) is 10.7 Å². The Morgan fingerprint density at radius 2 is 2.15 bits per heavy atom. The highest BCUT2D eigenvalue weighted by molar-refractivity contribution is 8.36. The zero-order valence-electron chi connectivity index (χ0n) is 7.87. The van der Waals surface area contributed by atoms with E-state index < -0.39 is 19.1 Å². The normalized spacial score (nSPS) is 43.7. The molecule has 3 rings (SSSR count). The third kappa shape index (κ3) is 0.997. The SMILES string of the molecule is CC12CC(C=C1S(=O)(=O)Cl)S2(C)C. The van der Waals surface area contributed by atoms with Gasteiger partial charge in [0.05, 0.1) is 4.91 Å². The molecule has 1 aliphatic carbocycles. The summed E-state index contributed by atoms with van der Waals surface area (Å²) in [7, 11) is 1.09. The second-order valence-electron chi connectivity index (χ2n) is 4.35. The Bertz CT molecular complexity index is 396. The molecule has 13 heavy (non-hydrogen) atoms. The molecule has 0 spiro atoms. The van der Waals surface area contributed by atoms with Gasteiger partial charge >= 0.3 is 0 Å². The van der Waals surface area contributed by atoms with Crippen molar-refractivity contribution in [3.05, 3.63) is 11.0 Å². The zero-order chi connectivity index (χ0) is 10.1. The fraction of sp³-hybridized carbons (Fsp3) is 0.750. The zero-order valence-corrected chi connectivity index (χ0v) is 10.3. The monoisotopic (exact) mass is 240 g/mol. The summed E-state index contributed by atoms with van der Waals surface area (Å²) in [5.41, 5.74) is 0. The number of hydrogen-bond acceptors (Lipinski definition) is 2. The van der Waals surface area contributed by atoms with E-state index in [-0.39, 0.29) is 4.75 Å². The van der Waals surface area contributed by atoms with Crippen molar-refractivity contribution in [1.82, 2.24) is 0 Å². The fourth-order valence-electron chi connectivity index (χ4n) is 2.31. The number of hydrogen-bond donors (Lipinski definition) is 0. The maximum atomic E-state index is 11.3. The molecule has 2 heterocycles. The summed E-state index contributed by atoms with van der Waals surface area (Å²) < 4.78 is 22.4. The van der Waals surface area contributed by atoms with Crippen LogP contribution >= 0.6 is 20.7 Å². The fourth-order valence-corrected chi connectivity index (χ4v) is 7.90. The summed E-state index contributed by atoms with van der Waals surface area (Å²) in [5, 5.41) is 0.473. The summed E-state index contributed by atoms with van der Waals surface area (Å²) in [6, 6.07) is 0. The van der Waals surface area contributed by atoms with Crippen LogP contribution in [0, 0.1) is 0 Å². The highest BCUT2D eigenvalue weighted by Crippen LogP contribution is 2.77. The second-order valence-corrected chi connectivity index (χ2v) is 11.2. The molecule has 0 aromatic rings. The number of rotatable bonds is 1. The predicted molar refractivity (Wildman–Crippen MR) is 59.1 cm³/mol. The lowest BCUT2D eigenvalue weighted by Crippen LogP contribution is -2.45. The van der Waals surface area contributed by atoms with Crippen LogP contribution in [0.2, 0.25) is 0 Å². The number of halogens is 1. The molecule has 0 N–H and O–H groups in total. The van der Waals surface area contributed by atoms with Crippen molar-refractivity contribution in [2.45, 2.75) is 23.3 Å². The van der Waals surface area contributed by atoms with E-state index in [2.05, 4.69) is 12.5 Å². The predicted octanol–water partition coefficient (Wildman–Crippen LogP) is 2.05. The summed E-state index contributed by atoms with van der Waals surface area (Å²) in [6.45, 7) is 2.03. The molecular formula is C8H13ClO2S2. The van der Waals surface area contributed by atoms with Gasteiger partial charge in [-0.3, -0.25) is 0 Å². The van der Waals surface area contributed by atoms with Gasteiger partial charge in [0.2, 0.25) is 0 Å². The highest BCUT2D eigenvalue weighted by Gasteiger charge is 2.62. The molecule has 2 aliphatic heterocycles. The Labute approximate surface area is 85.1 Å². The molecule has 0 amide bonds. The lowest BCUT2D eigenvalue weighted by Gasteiger charge is -2.58. The van der Waals surface area contributed by atoms with Crippen LogP contribution < -0.4 is 0 Å². The van der Waals surface area contributed by atoms with Gasteiger partial charge in [-0.25, -0.2) is 18.4 Å². The Morgan fingerprint density at radius 3 is 2.31 bits per heavy atom. The molecule has 0 radical (unpaired) electrons. The molecule has 5 heteroatoms. The molecule has 0 aromatic carbocycles. The molecule has 1 fully saturated rings. The van der Waals surface area contributed by atoms with Crippen molar-refractivity contribution < 1.29 is 8.42 Å². The van der Waals surface area contributed by atoms with E-state index in [0.717, 1.165) is 6.42 Å². The van der Waals surface area contributed by atoms with Crippen LogP contribution in [0.1, 0.15) is 13.3 Å². The van der Waals surface area contributed by atoms with Gasteiger partial charge < -0.3 is 0 Å². The van der Waals surface area contributed by atoms with Gasteiger partial charge in [0.25, 0.3) is 9.05 Å². The summed E-state index contributed by atoms with van der Waals surface area (Å²) >= 11 is 0. The van der Waals surface area contributed by atoms with Crippen LogP contribution in [-0.2, 0) is 9.05 Å². The van der Waals surface area contributed by atoms with Crippen molar-refractivity contribution in [2.24, 2.45) is 0 Å². The Balaban J connectivity index is 2.51. The van der Waals surface area contributed by atoms with Crippen LogP contribution in [-0.4, -0.2) is 30.9 Å². The second kappa shape index (κ2) is 2.28. The summed E-state index contributed by atoms with van der Waals surface area (Å²) in [4.78, 5) is 0.478. The third-order valence-electron chi connectivity index (χ3n) is 3.63. The smallest absolute Gasteiger partial charge is 0.230 e. The molecule has 3 aliphatic rings. The molecule has 0 aromatic heterocycles. The van der Waals surface area contributed by atoms with Crippen molar-refractivity contribution in [2.75, 3.05) is 12.5 Å². The van der Waals surface area contributed by atoms with Gasteiger partial charge in [-0.2, -0.15) is 0 Å². The maximum absolute atomic E-state index is 11.3. The van der Waals surface area contributed by atoms with Crippen LogP contribution in [0.3, 0.4) is 0 Å². The van der Waals surface area contributed by atoms with Crippen molar-refractivity contribution in [3.8, 4) is 0 Å². The molecule has 1 saturated heterocycles. The third-order valence-corrected chi connectivity index (χ3v) is 9.90. The van der Waals surface area contributed by atoms with E-state index in [9.17, 15) is 8.42 Å². The van der Waals surface area contributed by atoms with E-state index >= 15 is 0 Å². The molecule has 0 saturated carbocycles. The van der Waals surface area contributed by atoms with Crippen molar-refractivity contribution in [3.63, 3.8) is 0 Å². The molecule has 2 unspecified atom stereocenters. The van der Waals surface area contributed by atoms with Crippen LogP contribution in [0.5, 0.6) is 0 Å². The van der Waals surface area contributed by atoms with Gasteiger partial charge in [-0.1, -0.05) is 6.08 Å². The van der Waals surface area contributed by atoms with Crippen LogP contribution in [0.4, 0.5) is 0 Å². The standard InChI is InChI=1S/C8H13ClO2S2/c1-8-5-6(12(8,2)3)4-7(8)13(9,10)11/h4,6H,5H2,1-3H3. The maximum Gasteiger partial charge on any atom is 0.258 e. The first kappa shape index (κ1) is 9.87. The molecule has 76 valence electrons. The minimum atomic E-state index is -3.49. The average Bonchev–Trinajstić information content (AvgIpc) is 2.37. The first-order valence-corrected chi connectivity index (χ1v) is 8.90. The van der Waals surface area contributed by atoms with E-state index in [1.165, 1.54) is 0 Å². The van der Waals surface area contributed by atoms with Gasteiger partial charge in [-0.05, 0) is 25.9 Å². The Hall–Kier alpha value is 0.330. The van der Waals surface area contributed by atoms with Gasteiger partial charge in [-0.15, -0.1) is 0 Å². The largest absolute Gasteiger partial charge is 0.258 e. The van der Waals surface area contributed by atoms with Gasteiger partial charge in [0.15, 0.2) is 0 Å². The van der Waals surface area contributed by atoms with Crippen LogP contribution in [0.15, 0.2) is 11.0 Å². The van der Waals surface area contributed by atoms with Gasteiger partial charge in [0.1, 0.15) is 0 Å². The van der Waals surface area contributed by atoms with Crippen molar-refractivity contribution >= 4 is 29.8 Å². The lowest BCUT2D eigenvalue weighted by atomic mass is 10.1. The van der Waals surface area contributed by atoms with E-state index in [1.54, 1.807) is 0 Å². The minimum Gasteiger partial charge on any atom is -0.230 e. The molecule has 2 atom stereocenters. The first-order valence-electron chi connectivity index (χ1n) is 4.08. The van der Waals surface area contributed by atoms with E-state index in [1.807, 2.05) is 13.0 Å². The summed E-state index contributed by atoms with van der Waals surface area (Å²) in [6.07, 6.45) is 7.22. The van der Waals surface area contributed by atoms with Crippen LogP contribution in [0.25, 0.3) is 0 Å². The molecule has 2 nitrogen and oxygen atoms in total.